The largest absolute Gasteiger partial charge is 0.326 e. The minimum absolute atomic E-state index is 0.00750. The predicted octanol–water partition coefficient (Wildman–Crippen LogP) is 2.18. The Bertz CT molecular complexity index is 622. The summed E-state index contributed by atoms with van der Waals surface area (Å²) in [5, 5.41) is 7.93. The van der Waals surface area contributed by atoms with Gasteiger partial charge in [-0.1, -0.05) is 20.8 Å². The maximum absolute atomic E-state index is 12.1. The normalized spacial score (nSPS) is 13.3. The minimum Gasteiger partial charge on any atom is -0.326 e. The van der Waals surface area contributed by atoms with Crippen LogP contribution in [0.4, 0.5) is 5.69 Å². The molecular weight excluding hydrogens is 276 g/mol. The van der Waals surface area contributed by atoms with Crippen molar-refractivity contribution < 1.29 is 13.2 Å². The van der Waals surface area contributed by atoms with Crippen molar-refractivity contribution in [3.8, 4) is 0 Å². The van der Waals surface area contributed by atoms with Crippen molar-refractivity contribution in [1.29, 1.82) is 0 Å². The number of carbonyl (C=O) groups is 1. The van der Waals surface area contributed by atoms with Gasteiger partial charge >= 0.3 is 0 Å². The highest BCUT2D eigenvalue weighted by molar-refractivity contribution is 7.89. The molecule has 0 saturated carbocycles. The highest BCUT2D eigenvalue weighted by Gasteiger charge is 2.19. The summed E-state index contributed by atoms with van der Waals surface area (Å²) in [5.41, 5.74) is 2.09. The summed E-state index contributed by atoms with van der Waals surface area (Å²) in [6.45, 7) is 9.38. The molecule has 6 heteroatoms. The fourth-order valence-corrected chi connectivity index (χ4v) is 2.29. The maximum Gasteiger partial charge on any atom is 0.238 e. The first-order chi connectivity index (χ1) is 9.04. The van der Waals surface area contributed by atoms with Gasteiger partial charge in [0.05, 0.1) is 4.90 Å². The summed E-state index contributed by atoms with van der Waals surface area (Å²) < 4.78 is 22.9. The van der Waals surface area contributed by atoms with Crippen LogP contribution in [0.3, 0.4) is 0 Å². The number of nitrogens with one attached hydrogen (secondary N) is 1. The summed E-state index contributed by atoms with van der Waals surface area (Å²) in [6, 6.07) is 2.91. The Kier molecular flexibility index (Phi) is 4.94. The van der Waals surface area contributed by atoms with Gasteiger partial charge in [-0.05, 0) is 43.0 Å². The van der Waals surface area contributed by atoms with E-state index in [1.165, 1.54) is 12.1 Å². The van der Waals surface area contributed by atoms with E-state index in [0.29, 0.717) is 5.69 Å². The summed E-state index contributed by atoms with van der Waals surface area (Å²) in [7, 11) is -3.79. The number of nitrogens with two attached hydrogens (primary N) is 1. The number of hydrogen-bond donors (Lipinski definition) is 2. The number of benzene rings is 1. The van der Waals surface area contributed by atoms with E-state index in [4.69, 9.17) is 5.14 Å². The second-order valence-electron chi connectivity index (χ2n) is 5.48. The Morgan fingerprint density at radius 3 is 2.20 bits per heavy atom. The highest BCUT2D eigenvalue weighted by Crippen LogP contribution is 2.24. The molecule has 0 saturated heterocycles. The second-order valence-corrected chi connectivity index (χ2v) is 7.04. The van der Waals surface area contributed by atoms with Gasteiger partial charge in [0.15, 0.2) is 0 Å². The molecular formula is C14H22N2O3S. The molecule has 5 nitrogen and oxygen atoms in total. The van der Waals surface area contributed by atoms with Crippen molar-refractivity contribution in [3.63, 3.8) is 0 Å². The number of rotatable bonds is 4. The number of aryl methyl sites for hydroxylation is 1. The molecule has 1 atom stereocenters. The van der Waals surface area contributed by atoms with Crippen LogP contribution >= 0.6 is 0 Å². The molecule has 0 aromatic heterocycles. The van der Waals surface area contributed by atoms with Crippen molar-refractivity contribution in [2.24, 2.45) is 17.0 Å². The number of carbonyl (C=O) groups excluding carboxylic acids is 1. The van der Waals surface area contributed by atoms with Crippen LogP contribution in [0.2, 0.25) is 0 Å². The first-order valence-electron chi connectivity index (χ1n) is 6.49. The van der Waals surface area contributed by atoms with E-state index >= 15 is 0 Å². The van der Waals surface area contributed by atoms with E-state index in [0.717, 1.165) is 11.1 Å². The third-order valence-electron chi connectivity index (χ3n) is 3.64. The minimum atomic E-state index is -3.79. The van der Waals surface area contributed by atoms with Crippen molar-refractivity contribution in [3.05, 3.63) is 23.3 Å². The Morgan fingerprint density at radius 2 is 1.75 bits per heavy atom. The highest BCUT2D eigenvalue weighted by atomic mass is 32.2. The quantitative estimate of drug-likeness (QED) is 0.892. The lowest BCUT2D eigenvalue weighted by Gasteiger charge is -2.18. The fourth-order valence-electron chi connectivity index (χ4n) is 1.67. The van der Waals surface area contributed by atoms with Crippen molar-refractivity contribution in [2.45, 2.75) is 39.5 Å². The van der Waals surface area contributed by atoms with E-state index in [9.17, 15) is 13.2 Å². The van der Waals surface area contributed by atoms with Crippen LogP contribution in [0.1, 0.15) is 31.9 Å². The standard InChI is InChI=1S/C14H22N2O3S/c1-8(2)10(4)14(17)16-13-7-12(20(15,18)19)6-9(3)11(13)5/h6-8,10H,1-5H3,(H,16,17)(H2,15,18,19). The SMILES string of the molecule is Cc1cc(S(N)(=O)=O)cc(NC(=O)C(C)C(C)C)c1C. The van der Waals surface area contributed by atoms with Gasteiger partial charge in [-0.2, -0.15) is 0 Å². The summed E-state index contributed by atoms with van der Waals surface area (Å²) >= 11 is 0. The molecule has 0 heterocycles. The predicted molar refractivity (Wildman–Crippen MR) is 79.9 cm³/mol. The Morgan fingerprint density at radius 1 is 1.20 bits per heavy atom. The molecule has 0 aliphatic carbocycles. The third kappa shape index (κ3) is 3.80. The average molecular weight is 298 g/mol. The summed E-state index contributed by atoms with van der Waals surface area (Å²) in [6.07, 6.45) is 0. The molecule has 1 unspecified atom stereocenters. The van der Waals surface area contributed by atoms with Gasteiger partial charge in [0.1, 0.15) is 0 Å². The zero-order chi connectivity index (χ0) is 15.7. The smallest absolute Gasteiger partial charge is 0.238 e. The van der Waals surface area contributed by atoms with Gasteiger partial charge in [0.2, 0.25) is 15.9 Å². The molecule has 0 radical (unpaired) electrons. The zero-order valence-corrected chi connectivity index (χ0v) is 13.3. The summed E-state index contributed by atoms with van der Waals surface area (Å²) in [5.74, 6) is -0.0836. The van der Waals surface area contributed by atoms with Gasteiger partial charge < -0.3 is 5.32 Å². The van der Waals surface area contributed by atoms with Gasteiger partial charge in [0.25, 0.3) is 0 Å². The monoisotopic (exact) mass is 298 g/mol. The molecule has 1 aromatic carbocycles. The third-order valence-corrected chi connectivity index (χ3v) is 4.53. The maximum atomic E-state index is 12.1. The molecule has 0 bridgehead atoms. The van der Waals surface area contributed by atoms with Crippen LogP contribution in [0, 0.1) is 25.7 Å². The molecule has 0 spiro atoms. The van der Waals surface area contributed by atoms with E-state index in [1.54, 1.807) is 6.92 Å². The van der Waals surface area contributed by atoms with E-state index in [-0.39, 0.29) is 22.6 Å². The topological polar surface area (TPSA) is 89.3 Å². The Hall–Kier alpha value is -1.40. The second kappa shape index (κ2) is 5.93. The number of primary sulfonamides is 1. The Labute approximate surface area is 120 Å². The van der Waals surface area contributed by atoms with Crippen LogP contribution in [0.25, 0.3) is 0 Å². The lowest BCUT2D eigenvalue weighted by molar-refractivity contribution is -0.120. The van der Waals surface area contributed by atoms with Crippen LogP contribution in [0.15, 0.2) is 17.0 Å². The van der Waals surface area contributed by atoms with Gasteiger partial charge in [-0.25, -0.2) is 13.6 Å². The molecule has 1 aromatic rings. The number of hydrogen-bond acceptors (Lipinski definition) is 3. The lowest BCUT2D eigenvalue weighted by Crippen LogP contribution is -2.25. The molecule has 1 rings (SSSR count). The van der Waals surface area contributed by atoms with Crippen LogP contribution in [0.5, 0.6) is 0 Å². The summed E-state index contributed by atoms with van der Waals surface area (Å²) in [4.78, 5) is 12.1. The first-order valence-corrected chi connectivity index (χ1v) is 8.03. The molecule has 0 fully saturated rings. The molecule has 0 aliphatic rings. The Balaban J connectivity index is 3.19. The number of anilines is 1. The van der Waals surface area contributed by atoms with Gasteiger partial charge in [-0.3, -0.25) is 4.79 Å². The van der Waals surface area contributed by atoms with Crippen molar-refractivity contribution in [1.82, 2.24) is 0 Å². The van der Waals surface area contributed by atoms with Crippen molar-refractivity contribution in [2.75, 3.05) is 5.32 Å². The van der Waals surface area contributed by atoms with E-state index < -0.39 is 10.0 Å². The van der Waals surface area contributed by atoms with E-state index in [1.807, 2.05) is 27.7 Å². The van der Waals surface area contributed by atoms with Gasteiger partial charge in [0, 0.05) is 11.6 Å². The molecule has 1 amide bonds. The van der Waals surface area contributed by atoms with Crippen molar-refractivity contribution >= 4 is 21.6 Å². The lowest BCUT2D eigenvalue weighted by atomic mass is 9.97. The van der Waals surface area contributed by atoms with Crippen LogP contribution in [-0.2, 0) is 14.8 Å². The van der Waals surface area contributed by atoms with Crippen LogP contribution in [-0.4, -0.2) is 14.3 Å². The fraction of sp³-hybridized carbons (Fsp3) is 0.500. The number of amides is 1. The molecule has 20 heavy (non-hydrogen) atoms. The molecule has 0 aliphatic heterocycles. The average Bonchev–Trinajstić information content (AvgIpc) is 2.32. The molecule has 3 N–H and O–H groups in total. The zero-order valence-electron chi connectivity index (χ0n) is 12.5. The van der Waals surface area contributed by atoms with Gasteiger partial charge in [-0.15, -0.1) is 0 Å². The first kappa shape index (κ1) is 16.7. The van der Waals surface area contributed by atoms with Crippen LogP contribution < -0.4 is 10.5 Å². The molecule has 112 valence electrons. The number of sulfonamides is 1. The van der Waals surface area contributed by atoms with E-state index in [2.05, 4.69) is 5.32 Å².